The molecule has 0 saturated carbocycles. The van der Waals surface area contributed by atoms with Crippen molar-refractivity contribution in [3.8, 4) is 17.3 Å². The van der Waals surface area contributed by atoms with E-state index in [0.29, 0.717) is 17.9 Å². The molecule has 0 unspecified atom stereocenters. The summed E-state index contributed by atoms with van der Waals surface area (Å²) < 4.78 is 44.1. The van der Waals surface area contributed by atoms with Gasteiger partial charge in [-0.05, 0) is 25.1 Å². The highest BCUT2D eigenvalue weighted by Crippen LogP contribution is 2.34. The molecule has 0 saturated heterocycles. The van der Waals surface area contributed by atoms with E-state index < -0.39 is 11.7 Å². The third-order valence-corrected chi connectivity index (χ3v) is 3.30. The van der Waals surface area contributed by atoms with Crippen molar-refractivity contribution >= 4 is 10.9 Å². The summed E-state index contributed by atoms with van der Waals surface area (Å²) in [5, 5.41) is 0.251. The van der Waals surface area contributed by atoms with Gasteiger partial charge in [-0.3, -0.25) is 0 Å². The number of aromatic nitrogens is 2. The smallest absolute Gasteiger partial charge is 0.416 e. The lowest BCUT2D eigenvalue weighted by Gasteiger charge is -2.12. The molecule has 0 aliphatic rings. The number of ether oxygens (including phenoxy) is 1. The van der Waals surface area contributed by atoms with Gasteiger partial charge < -0.3 is 4.74 Å². The van der Waals surface area contributed by atoms with Crippen LogP contribution < -0.4 is 4.74 Å². The fraction of sp³-hybridized carbons (Fsp3) is 0.176. The van der Waals surface area contributed by atoms with Crippen LogP contribution in [0.1, 0.15) is 12.5 Å². The van der Waals surface area contributed by atoms with Crippen molar-refractivity contribution in [1.82, 2.24) is 9.97 Å². The summed E-state index contributed by atoms with van der Waals surface area (Å²) in [6, 6.07) is 12.6. The van der Waals surface area contributed by atoms with E-state index in [2.05, 4.69) is 9.97 Å². The quantitative estimate of drug-likeness (QED) is 0.701. The van der Waals surface area contributed by atoms with Gasteiger partial charge in [0.25, 0.3) is 0 Å². The molecule has 0 aliphatic heterocycles. The Kier molecular flexibility index (Phi) is 3.90. The Morgan fingerprint density at radius 3 is 2.39 bits per heavy atom. The Morgan fingerprint density at radius 1 is 1.00 bits per heavy atom. The maximum atomic E-state index is 12.9. The van der Waals surface area contributed by atoms with Gasteiger partial charge in [0.15, 0.2) is 5.82 Å². The second-order valence-electron chi connectivity index (χ2n) is 4.88. The molecular weight excluding hydrogens is 305 g/mol. The molecule has 0 aliphatic carbocycles. The van der Waals surface area contributed by atoms with E-state index in [1.165, 1.54) is 6.07 Å². The number of hydrogen-bond donors (Lipinski definition) is 0. The Morgan fingerprint density at radius 2 is 1.74 bits per heavy atom. The van der Waals surface area contributed by atoms with Gasteiger partial charge in [-0.25, -0.2) is 4.98 Å². The average molecular weight is 318 g/mol. The Bertz CT molecular complexity index is 832. The molecule has 1 aromatic heterocycles. The molecule has 3 rings (SSSR count). The van der Waals surface area contributed by atoms with E-state index in [9.17, 15) is 13.2 Å². The minimum absolute atomic E-state index is 0.155. The summed E-state index contributed by atoms with van der Waals surface area (Å²) in [5.74, 6) is 0.573. The van der Waals surface area contributed by atoms with Crippen molar-refractivity contribution < 1.29 is 17.9 Å². The van der Waals surface area contributed by atoms with E-state index in [1.54, 1.807) is 6.92 Å². The number of alkyl halides is 3. The highest BCUT2D eigenvalue weighted by atomic mass is 19.4. The van der Waals surface area contributed by atoms with Crippen LogP contribution in [-0.4, -0.2) is 16.6 Å². The Hall–Kier alpha value is -2.63. The molecular formula is C17H13F3N2O. The molecule has 1 heterocycles. The fourth-order valence-corrected chi connectivity index (χ4v) is 2.24. The van der Waals surface area contributed by atoms with E-state index >= 15 is 0 Å². The molecule has 3 nitrogen and oxygen atoms in total. The third-order valence-electron chi connectivity index (χ3n) is 3.30. The zero-order chi connectivity index (χ0) is 16.4. The highest BCUT2D eigenvalue weighted by Gasteiger charge is 2.31. The molecule has 0 fully saturated rings. The van der Waals surface area contributed by atoms with E-state index in [1.807, 2.05) is 30.3 Å². The van der Waals surface area contributed by atoms with Crippen LogP contribution in [0.2, 0.25) is 0 Å². The van der Waals surface area contributed by atoms with Crippen LogP contribution in [0.4, 0.5) is 13.2 Å². The van der Waals surface area contributed by atoms with Gasteiger partial charge in [0.05, 0.1) is 23.1 Å². The normalized spacial score (nSPS) is 11.7. The van der Waals surface area contributed by atoms with E-state index in [-0.39, 0.29) is 11.3 Å². The summed E-state index contributed by atoms with van der Waals surface area (Å²) in [6.07, 6.45) is -4.42. The number of fused-ring (bicyclic) bond motifs is 1. The number of nitrogens with zero attached hydrogens (tertiary/aromatic N) is 2. The standard InChI is InChI=1S/C17H13F3N2O/c1-2-23-16-13-10-12(17(18,19)20)8-9-14(13)21-15(22-16)11-6-4-3-5-7-11/h3-10H,2H2,1H3. The first kappa shape index (κ1) is 15.3. The maximum absolute atomic E-state index is 12.9. The van der Waals surface area contributed by atoms with Crippen molar-refractivity contribution in [2.75, 3.05) is 6.61 Å². The lowest BCUT2D eigenvalue weighted by molar-refractivity contribution is -0.137. The molecule has 2 aromatic carbocycles. The maximum Gasteiger partial charge on any atom is 0.416 e. The molecule has 0 N–H and O–H groups in total. The van der Waals surface area contributed by atoms with Crippen LogP contribution in [0.5, 0.6) is 5.88 Å². The third kappa shape index (κ3) is 3.11. The van der Waals surface area contributed by atoms with Crippen LogP contribution in [0.15, 0.2) is 48.5 Å². The molecule has 23 heavy (non-hydrogen) atoms. The first-order valence-corrected chi connectivity index (χ1v) is 7.06. The average Bonchev–Trinajstić information content (AvgIpc) is 2.54. The fourth-order valence-electron chi connectivity index (χ4n) is 2.24. The second kappa shape index (κ2) is 5.87. The first-order valence-electron chi connectivity index (χ1n) is 7.06. The molecule has 0 atom stereocenters. The molecule has 6 heteroatoms. The van der Waals surface area contributed by atoms with Crippen LogP contribution >= 0.6 is 0 Å². The Balaban J connectivity index is 2.21. The van der Waals surface area contributed by atoms with Gasteiger partial charge >= 0.3 is 6.18 Å². The molecule has 0 spiro atoms. The van der Waals surface area contributed by atoms with Gasteiger partial charge in [0.1, 0.15) is 0 Å². The topological polar surface area (TPSA) is 35.0 Å². The number of benzene rings is 2. The summed E-state index contributed by atoms with van der Waals surface area (Å²) in [4.78, 5) is 8.64. The van der Waals surface area contributed by atoms with Gasteiger partial charge in [-0.1, -0.05) is 30.3 Å². The lowest BCUT2D eigenvalue weighted by Crippen LogP contribution is -2.06. The monoisotopic (exact) mass is 318 g/mol. The minimum atomic E-state index is -4.42. The van der Waals surface area contributed by atoms with Gasteiger partial charge in [0.2, 0.25) is 5.88 Å². The lowest BCUT2D eigenvalue weighted by atomic mass is 10.1. The van der Waals surface area contributed by atoms with Crippen LogP contribution in [0, 0.1) is 0 Å². The second-order valence-corrected chi connectivity index (χ2v) is 4.88. The zero-order valence-corrected chi connectivity index (χ0v) is 12.3. The zero-order valence-electron chi connectivity index (χ0n) is 12.3. The number of rotatable bonds is 3. The van der Waals surface area contributed by atoms with Crippen LogP contribution in [-0.2, 0) is 6.18 Å². The summed E-state index contributed by atoms with van der Waals surface area (Å²) >= 11 is 0. The summed E-state index contributed by atoms with van der Waals surface area (Å²) in [5.41, 5.74) is 0.438. The van der Waals surface area contributed by atoms with Crippen molar-refractivity contribution in [3.05, 3.63) is 54.1 Å². The van der Waals surface area contributed by atoms with E-state index in [0.717, 1.165) is 17.7 Å². The van der Waals surface area contributed by atoms with Crippen LogP contribution in [0.25, 0.3) is 22.3 Å². The summed E-state index contributed by atoms with van der Waals surface area (Å²) in [6.45, 7) is 2.06. The van der Waals surface area contributed by atoms with Gasteiger partial charge in [-0.2, -0.15) is 18.2 Å². The van der Waals surface area contributed by atoms with Crippen molar-refractivity contribution in [2.45, 2.75) is 13.1 Å². The van der Waals surface area contributed by atoms with Crippen molar-refractivity contribution in [1.29, 1.82) is 0 Å². The molecule has 118 valence electrons. The number of hydrogen-bond acceptors (Lipinski definition) is 3. The predicted octanol–water partition coefficient (Wildman–Crippen LogP) is 4.71. The van der Waals surface area contributed by atoms with Gasteiger partial charge in [0, 0.05) is 5.56 Å². The predicted molar refractivity (Wildman–Crippen MR) is 81.1 cm³/mol. The van der Waals surface area contributed by atoms with Gasteiger partial charge in [-0.15, -0.1) is 0 Å². The molecule has 3 aromatic rings. The number of halogens is 3. The molecule has 0 bridgehead atoms. The van der Waals surface area contributed by atoms with Crippen molar-refractivity contribution in [2.24, 2.45) is 0 Å². The SMILES string of the molecule is CCOc1nc(-c2ccccc2)nc2ccc(C(F)(F)F)cc12. The minimum Gasteiger partial charge on any atom is -0.477 e. The Labute approximate surface area is 130 Å². The highest BCUT2D eigenvalue weighted by molar-refractivity contribution is 5.86. The van der Waals surface area contributed by atoms with E-state index in [4.69, 9.17) is 4.74 Å². The molecule has 0 amide bonds. The largest absolute Gasteiger partial charge is 0.477 e. The van der Waals surface area contributed by atoms with Crippen LogP contribution in [0.3, 0.4) is 0 Å². The first-order chi connectivity index (χ1) is 11.0. The van der Waals surface area contributed by atoms with Crippen molar-refractivity contribution in [3.63, 3.8) is 0 Å². The summed E-state index contributed by atoms with van der Waals surface area (Å²) in [7, 11) is 0. The molecule has 0 radical (unpaired) electrons.